The maximum absolute atomic E-state index is 11.9. The quantitative estimate of drug-likeness (QED) is 0.302. The van der Waals surface area contributed by atoms with Crippen LogP contribution in [0.25, 0.3) is 0 Å². The van der Waals surface area contributed by atoms with Crippen molar-refractivity contribution in [1.29, 1.82) is 0 Å². The van der Waals surface area contributed by atoms with Crippen LogP contribution in [0.1, 0.15) is 16.6 Å². The Morgan fingerprint density at radius 3 is 2.26 bits per heavy atom. The minimum Gasteiger partial charge on any atom is -0.258 e. The third kappa shape index (κ3) is 5.07. The lowest BCUT2D eigenvalue weighted by atomic mass is 10.2. The van der Waals surface area contributed by atoms with Crippen LogP contribution >= 0.6 is 11.6 Å². The fraction of sp³-hybridized carbons (Fsp3) is 0.0667. The number of hydrogen-bond donors (Lipinski definition) is 1. The monoisotopic (exact) mass is 350 g/mol. The SMILES string of the molecule is O=[N+]([O-])c1ccc(C#CS(=O)(=O)NC(Cl)c2ccccc2)cc1. The highest BCUT2D eigenvalue weighted by molar-refractivity contribution is 7.94. The van der Waals surface area contributed by atoms with Gasteiger partial charge in [0, 0.05) is 22.9 Å². The summed E-state index contributed by atoms with van der Waals surface area (Å²) in [5.41, 5.74) is -0.101. The fourth-order valence-electron chi connectivity index (χ4n) is 1.65. The Hall–Kier alpha value is -2.40. The van der Waals surface area contributed by atoms with Gasteiger partial charge in [-0.2, -0.15) is 13.1 Å². The van der Waals surface area contributed by atoms with E-state index < -0.39 is 20.4 Å². The standard InChI is InChI=1S/C15H11ClN2O4S/c16-15(13-4-2-1-3-5-13)17-23(21,22)11-10-12-6-8-14(9-7-12)18(19)20/h1-9,15,17H. The third-order valence-corrected chi connectivity index (χ3v) is 4.17. The molecular weight excluding hydrogens is 340 g/mol. The molecule has 2 aromatic rings. The van der Waals surface area contributed by atoms with Crippen molar-refractivity contribution in [1.82, 2.24) is 4.72 Å². The molecule has 0 amide bonds. The van der Waals surface area contributed by atoms with E-state index in [9.17, 15) is 18.5 Å². The van der Waals surface area contributed by atoms with Crippen LogP contribution in [0.5, 0.6) is 0 Å². The largest absolute Gasteiger partial charge is 0.282 e. The molecule has 0 aliphatic heterocycles. The number of alkyl halides is 1. The van der Waals surface area contributed by atoms with Gasteiger partial charge in [-0.1, -0.05) is 41.9 Å². The van der Waals surface area contributed by atoms with Gasteiger partial charge in [0.1, 0.15) is 5.50 Å². The first-order valence-electron chi connectivity index (χ1n) is 6.36. The van der Waals surface area contributed by atoms with Crippen LogP contribution in [0.15, 0.2) is 54.6 Å². The molecule has 118 valence electrons. The molecule has 0 fully saturated rings. The Kier molecular flexibility index (Phi) is 5.34. The Morgan fingerprint density at radius 2 is 1.70 bits per heavy atom. The van der Waals surface area contributed by atoms with Crippen LogP contribution in [0, 0.1) is 21.3 Å². The summed E-state index contributed by atoms with van der Waals surface area (Å²) in [6.45, 7) is 0. The first-order chi connectivity index (χ1) is 10.9. The van der Waals surface area contributed by atoms with Gasteiger partial charge in [0.25, 0.3) is 15.7 Å². The minimum atomic E-state index is -3.93. The topological polar surface area (TPSA) is 89.3 Å². The van der Waals surface area contributed by atoms with Gasteiger partial charge in [-0.25, -0.2) is 0 Å². The van der Waals surface area contributed by atoms with Crippen molar-refractivity contribution in [3.63, 3.8) is 0 Å². The van der Waals surface area contributed by atoms with Crippen molar-refractivity contribution in [2.45, 2.75) is 5.50 Å². The Labute approximate surface area is 138 Å². The van der Waals surface area contributed by atoms with E-state index in [-0.39, 0.29) is 5.69 Å². The van der Waals surface area contributed by atoms with Crippen LogP contribution in [0.4, 0.5) is 5.69 Å². The number of nitrogens with one attached hydrogen (secondary N) is 1. The van der Waals surface area contributed by atoms with Crippen LogP contribution in [-0.2, 0) is 10.0 Å². The lowest BCUT2D eigenvalue weighted by molar-refractivity contribution is -0.384. The molecule has 8 heteroatoms. The van der Waals surface area contributed by atoms with Gasteiger partial charge in [-0.15, -0.1) is 0 Å². The van der Waals surface area contributed by atoms with Gasteiger partial charge in [-0.3, -0.25) is 10.1 Å². The zero-order chi connectivity index (χ0) is 16.9. The highest BCUT2D eigenvalue weighted by Gasteiger charge is 2.14. The number of nitrogens with zero attached hydrogens (tertiary/aromatic N) is 1. The van der Waals surface area contributed by atoms with Crippen molar-refractivity contribution < 1.29 is 13.3 Å². The van der Waals surface area contributed by atoms with Gasteiger partial charge in [0.2, 0.25) is 0 Å². The zero-order valence-corrected chi connectivity index (χ0v) is 13.2. The Bertz CT molecular complexity index is 856. The molecule has 6 nitrogen and oxygen atoms in total. The molecule has 0 aliphatic rings. The number of nitro groups is 1. The van der Waals surface area contributed by atoms with Crippen molar-refractivity contribution in [3.8, 4) is 11.2 Å². The van der Waals surface area contributed by atoms with Crippen molar-refractivity contribution in [3.05, 3.63) is 75.8 Å². The Balaban J connectivity index is 2.11. The molecular formula is C15H11ClN2O4S. The summed E-state index contributed by atoms with van der Waals surface area (Å²) >= 11 is 6.00. The molecule has 0 spiro atoms. The predicted octanol–water partition coefficient (Wildman–Crippen LogP) is 2.76. The lowest BCUT2D eigenvalue weighted by Gasteiger charge is -2.09. The number of halogens is 1. The predicted molar refractivity (Wildman–Crippen MR) is 87.1 cm³/mol. The fourth-order valence-corrected chi connectivity index (χ4v) is 2.87. The van der Waals surface area contributed by atoms with E-state index >= 15 is 0 Å². The van der Waals surface area contributed by atoms with Crippen LogP contribution < -0.4 is 4.72 Å². The first kappa shape index (κ1) is 17.0. The average Bonchev–Trinajstić information content (AvgIpc) is 2.54. The van der Waals surface area contributed by atoms with E-state index in [2.05, 4.69) is 15.9 Å². The van der Waals surface area contributed by atoms with Gasteiger partial charge in [-0.05, 0) is 23.6 Å². The summed E-state index contributed by atoms with van der Waals surface area (Å²) < 4.78 is 26.0. The molecule has 2 aromatic carbocycles. The number of non-ortho nitro benzene ring substituents is 1. The molecule has 1 unspecified atom stereocenters. The van der Waals surface area contributed by atoms with Crippen LogP contribution in [0.3, 0.4) is 0 Å². The second-order valence-electron chi connectivity index (χ2n) is 4.43. The molecule has 1 atom stereocenters. The maximum atomic E-state index is 11.9. The average molecular weight is 351 g/mol. The van der Waals surface area contributed by atoms with E-state index in [4.69, 9.17) is 11.6 Å². The molecule has 0 aliphatic carbocycles. The molecule has 1 N–H and O–H groups in total. The van der Waals surface area contributed by atoms with E-state index in [0.29, 0.717) is 11.1 Å². The molecule has 23 heavy (non-hydrogen) atoms. The van der Waals surface area contributed by atoms with Crippen molar-refractivity contribution in [2.75, 3.05) is 0 Å². The lowest BCUT2D eigenvalue weighted by Crippen LogP contribution is -2.23. The number of nitro benzene ring substituents is 1. The molecule has 0 aromatic heterocycles. The summed E-state index contributed by atoms with van der Waals surface area (Å²) in [5, 5.41) is 12.6. The van der Waals surface area contributed by atoms with Gasteiger partial charge in [0.15, 0.2) is 0 Å². The molecule has 2 rings (SSSR count). The van der Waals surface area contributed by atoms with Crippen molar-refractivity contribution >= 4 is 27.3 Å². The number of benzene rings is 2. The molecule has 0 bridgehead atoms. The van der Waals surface area contributed by atoms with E-state index in [1.165, 1.54) is 24.3 Å². The van der Waals surface area contributed by atoms with E-state index in [1.54, 1.807) is 30.3 Å². The summed E-state index contributed by atoms with van der Waals surface area (Å²) in [4.78, 5) is 9.99. The Morgan fingerprint density at radius 1 is 1.09 bits per heavy atom. The maximum Gasteiger partial charge on any atom is 0.282 e. The smallest absolute Gasteiger partial charge is 0.258 e. The van der Waals surface area contributed by atoms with E-state index in [1.807, 2.05) is 0 Å². The summed E-state index contributed by atoms with van der Waals surface area (Å²) in [6, 6.07) is 13.9. The minimum absolute atomic E-state index is 0.0959. The van der Waals surface area contributed by atoms with Gasteiger partial charge >= 0.3 is 0 Å². The summed E-state index contributed by atoms with van der Waals surface area (Å²) in [5.74, 6) is 2.43. The van der Waals surface area contributed by atoms with Gasteiger partial charge in [0.05, 0.1) is 4.92 Å². The second kappa shape index (κ2) is 7.24. The van der Waals surface area contributed by atoms with Crippen LogP contribution in [-0.4, -0.2) is 13.3 Å². The second-order valence-corrected chi connectivity index (χ2v) is 6.31. The number of rotatable bonds is 4. The summed E-state index contributed by atoms with van der Waals surface area (Å²) in [6.07, 6.45) is 0. The van der Waals surface area contributed by atoms with Crippen molar-refractivity contribution in [2.24, 2.45) is 0 Å². The normalized spacial score (nSPS) is 12.0. The summed E-state index contributed by atoms with van der Waals surface area (Å²) in [7, 11) is -3.93. The molecule has 0 heterocycles. The van der Waals surface area contributed by atoms with Crippen LogP contribution in [0.2, 0.25) is 0 Å². The number of hydrogen-bond acceptors (Lipinski definition) is 4. The molecule has 0 saturated carbocycles. The van der Waals surface area contributed by atoms with Gasteiger partial charge < -0.3 is 0 Å². The first-order valence-corrected chi connectivity index (χ1v) is 8.28. The third-order valence-electron chi connectivity index (χ3n) is 2.76. The highest BCUT2D eigenvalue weighted by Crippen LogP contribution is 2.17. The molecule has 0 radical (unpaired) electrons. The highest BCUT2D eigenvalue weighted by atomic mass is 35.5. The zero-order valence-electron chi connectivity index (χ0n) is 11.6. The number of sulfonamides is 1. The van der Waals surface area contributed by atoms with E-state index in [0.717, 1.165) is 0 Å². The molecule has 0 saturated heterocycles.